The Labute approximate surface area is 354 Å². The molecule has 0 unspecified atom stereocenters. The summed E-state index contributed by atoms with van der Waals surface area (Å²) in [6, 6.07) is 82.3. The maximum absolute atomic E-state index is 6.86. The lowest BCUT2D eigenvalue weighted by atomic mass is 9.70. The van der Waals surface area contributed by atoms with Crippen molar-refractivity contribution >= 4 is 49.8 Å². The molecule has 0 saturated heterocycles. The van der Waals surface area contributed by atoms with Gasteiger partial charge in [0.15, 0.2) is 0 Å². The van der Waals surface area contributed by atoms with Crippen molar-refractivity contribution in [2.24, 2.45) is 0 Å². The van der Waals surface area contributed by atoms with E-state index in [-0.39, 0.29) is 0 Å². The average molecular weight is 776 g/mol. The molecule has 0 fully saturated rings. The molecule has 1 aromatic heterocycles. The van der Waals surface area contributed by atoms with Crippen LogP contribution in [0.4, 0.5) is 17.1 Å². The molecule has 0 aliphatic heterocycles. The molecule has 1 heterocycles. The van der Waals surface area contributed by atoms with Crippen molar-refractivity contribution < 1.29 is 4.42 Å². The number of furan rings is 1. The minimum absolute atomic E-state index is 0.468. The highest BCUT2D eigenvalue weighted by molar-refractivity contribution is 6.22. The quantitative estimate of drug-likeness (QED) is 0.173. The number of fused-ring (bicyclic) bond motifs is 15. The third-order valence-electron chi connectivity index (χ3n) is 13.3. The Hall–Kier alpha value is -7.94. The largest absolute Gasteiger partial charge is 0.455 e. The molecule has 0 amide bonds. The standard InChI is InChI=1S/C59H37NO/c1-3-17-38(18-4-1)40-21-15-22-41(35-40)60(55-37-50-57-43(39-19-5-2-6-20-39)28-16-32-56(57)61-58(50)49-27-8-7-26-48(49)55)42-33-34-47-46-25-11-14-31-53(46)59(54(47)36-42)51-29-12-9-23-44(51)45-24-10-13-30-52(45)59/h1-37H. The molecule has 10 aromatic carbocycles. The van der Waals surface area contributed by atoms with Crippen molar-refractivity contribution in [2.45, 2.75) is 5.41 Å². The van der Waals surface area contributed by atoms with Crippen LogP contribution in [0.2, 0.25) is 0 Å². The predicted octanol–water partition coefficient (Wildman–Crippen LogP) is 15.9. The summed E-state index contributed by atoms with van der Waals surface area (Å²) >= 11 is 0. The predicted molar refractivity (Wildman–Crippen MR) is 253 cm³/mol. The zero-order chi connectivity index (χ0) is 40.1. The van der Waals surface area contributed by atoms with Gasteiger partial charge in [-0.3, -0.25) is 0 Å². The molecule has 61 heavy (non-hydrogen) atoms. The fraction of sp³-hybridized carbons (Fsp3) is 0.0169. The van der Waals surface area contributed by atoms with Crippen LogP contribution in [0.15, 0.2) is 229 Å². The van der Waals surface area contributed by atoms with Crippen LogP contribution >= 0.6 is 0 Å². The molecular weight excluding hydrogens is 739 g/mol. The van der Waals surface area contributed by atoms with Crippen molar-refractivity contribution in [1.29, 1.82) is 0 Å². The van der Waals surface area contributed by atoms with Gasteiger partial charge in [-0.25, -0.2) is 0 Å². The van der Waals surface area contributed by atoms with E-state index in [9.17, 15) is 0 Å². The average Bonchev–Trinajstić information content (AvgIpc) is 3.97. The summed E-state index contributed by atoms with van der Waals surface area (Å²) in [5.41, 5.74) is 19.7. The van der Waals surface area contributed by atoms with Crippen LogP contribution in [0.25, 0.3) is 77.2 Å². The zero-order valence-electron chi connectivity index (χ0n) is 33.2. The molecule has 0 atom stereocenters. The second-order valence-electron chi connectivity index (χ2n) is 16.3. The zero-order valence-corrected chi connectivity index (χ0v) is 33.2. The normalized spacial score (nSPS) is 13.0. The van der Waals surface area contributed by atoms with Crippen LogP contribution < -0.4 is 4.90 Å². The Morgan fingerprint density at radius 1 is 0.328 bits per heavy atom. The second kappa shape index (κ2) is 13.0. The summed E-state index contributed by atoms with van der Waals surface area (Å²) in [5.74, 6) is 0. The topological polar surface area (TPSA) is 16.4 Å². The first-order valence-electron chi connectivity index (χ1n) is 21.1. The van der Waals surface area contributed by atoms with Gasteiger partial charge in [-0.2, -0.15) is 0 Å². The maximum Gasteiger partial charge on any atom is 0.143 e. The lowest BCUT2D eigenvalue weighted by Gasteiger charge is -2.32. The summed E-state index contributed by atoms with van der Waals surface area (Å²) in [4.78, 5) is 2.49. The van der Waals surface area contributed by atoms with Crippen molar-refractivity contribution in [2.75, 3.05) is 4.90 Å². The summed E-state index contributed by atoms with van der Waals surface area (Å²) in [5, 5.41) is 4.42. The minimum atomic E-state index is -0.468. The molecule has 2 heteroatoms. The Morgan fingerprint density at radius 2 is 0.852 bits per heavy atom. The highest BCUT2D eigenvalue weighted by Gasteiger charge is 2.51. The fourth-order valence-electron chi connectivity index (χ4n) is 10.8. The van der Waals surface area contributed by atoms with Gasteiger partial charge in [0.05, 0.1) is 11.1 Å². The lowest BCUT2D eigenvalue weighted by Crippen LogP contribution is -2.26. The Kier molecular flexibility index (Phi) is 7.26. The molecular formula is C59H37NO. The van der Waals surface area contributed by atoms with Crippen LogP contribution in [0.1, 0.15) is 22.3 Å². The van der Waals surface area contributed by atoms with E-state index >= 15 is 0 Å². The summed E-state index contributed by atoms with van der Waals surface area (Å²) in [6.45, 7) is 0. The van der Waals surface area contributed by atoms with Crippen molar-refractivity contribution in [3.8, 4) is 44.5 Å². The van der Waals surface area contributed by atoms with E-state index in [1.807, 2.05) is 0 Å². The first kappa shape index (κ1) is 34.0. The van der Waals surface area contributed by atoms with Gasteiger partial charge in [-0.05, 0) is 103 Å². The van der Waals surface area contributed by atoms with Gasteiger partial charge in [-0.1, -0.05) is 188 Å². The van der Waals surface area contributed by atoms with Gasteiger partial charge in [-0.15, -0.1) is 0 Å². The highest BCUT2D eigenvalue weighted by Crippen LogP contribution is 2.63. The third-order valence-corrected chi connectivity index (χ3v) is 13.3. The summed E-state index contributed by atoms with van der Waals surface area (Å²) < 4.78 is 6.86. The van der Waals surface area contributed by atoms with Gasteiger partial charge < -0.3 is 9.32 Å². The van der Waals surface area contributed by atoms with Gasteiger partial charge in [0.1, 0.15) is 11.2 Å². The smallest absolute Gasteiger partial charge is 0.143 e. The summed E-state index contributed by atoms with van der Waals surface area (Å²) in [6.07, 6.45) is 0. The minimum Gasteiger partial charge on any atom is -0.455 e. The van der Waals surface area contributed by atoms with E-state index in [0.29, 0.717) is 0 Å². The fourth-order valence-corrected chi connectivity index (χ4v) is 10.8. The number of hydrogen-bond donors (Lipinski definition) is 0. The molecule has 0 radical (unpaired) electrons. The molecule has 2 aliphatic rings. The molecule has 2 aliphatic carbocycles. The Balaban J connectivity index is 1.13. The number of hydrogen-bond acceptors (Lipinski definition) is 2. The lowest BCUT2D eigenvalue weighted by molar-refractivity contribution is 0.673. The molecule has 13 rings (SSSR count). The Bertz CT molecular complexity index is 3480. The first-order chi connectivity index (χ1) is 30.3. The van der Waals surface area contributed by atoms with Gasteiger partial charge in [0.2, 0.25) is 0 Å². The van der Waals surface area contributed by atoms with E-state index in [1.54, 1.807) is 0 Å². The van der Waals surface area contributed by atoms with E-state index in [4.69, 9.17) is 4.42 Å². The van der Waals surface area contributed by atoms with Gasteiger partial charge >= 0.3 is 0 Å². The van der Waals surface area contributed by atoms with Crippen LogP contribution in [0.5, 0.6) is 0 Å². The Morgan fingerprint density at radius 3 is 1.54 bits per heavy atom. The van der Waals surface area contributed by atoms with Crippen LogP contribution in [-0.2, 0) is 5.41 Å². The number of benzene rings is 10. The van der Waals surface area contributed by atoms with Crippen LogP contribution in [0.3, 0.4) is 0 Å². The molecule has 0 bridgehead atoms. The molecule has 0 N–H and O–H groups in total. The van der Waals surface area contributed by atoms with Gasteiger partial charge in [0, 0.05) is 32.9 Å². The molecule has 284 valence electrons. The number of anilines is 3. The highest BCUT2D eigenvalue weighted by atomic mass is 16.3. The first-order valence-corrected chi connectivity index (χ1v) is 21.1. The van der Waals surface area contributed by atoms with Crippen LogP contribution in [-0.4, -0.2) is 0 Å². The number of rotatable bonds is 5. The van der Waals surface area contributed by atoms with E-state index < -0.39 is 5.41 Å². The third kappa shape index (κ3) is 4.79. The van der Waals surface area contributed by atoms with E-state index in [2.05, 4.69) is 229 Å². The van der Waals surface area contributed by atoms with Crippen molar-refractivity contribution in [3.63, 3.8) is 0 Å². The molecule has 11 aromatic rings. The van der Waals surface area contributed by atoms with Gasteiger partial charge in [0.25, 0.3) is 0 Å². The molecule has 2 nitrogen and oxygen atoms in total. The van der Waals surface area contributed by atoms with Crippen molar-refractivity contribution in [1.82, 2.24) is 0 Å². The van der Waals surface area contributed by atoms with E-state index in [1.165, 1.54) is 55.6 Å². The number of nitrogens with zero attached hydrogens (tertiary/aromatic N) is 1. The summed E-state index contributed by atoms with van der Waals surface area (Å²) in [7, 11) is 0. The molecule has 1 spiro atoms. The second-order valence-corrected chi connectivity index (χ2v) is 16.3. The monoisotopic (exact) mass is 775 g/mol. The van der Waals surface area contributed by atoms with Crippen molar-refractivity contribution in [3.05, 3.63) is 247 Å². The molecule has 0 saturated carbocycles. The SMILES string of the molecule is c1ccc(-c2cccc(N(c3ccc4c(c3)C3(c5ccccc5-c5ccccc53)c3ccccc3-4)c3cc4c(oc5cccc(-c6ccccc6)c54)c4ccccc34)c2)cc1. The van der Waals surface area contributed by atoms with Crippen LogP contribution in [0, 0.1) is 0 Å². The van der Waals surface area contributed by atoms with E-state index in [0.717, 1.165) is 60.9 Å². The maximum atomic E-state index is 6.86.